The van der Waals surface area contributed by atoms with E-state index in [4.69, 9.17) is 11.5 Å². The van der Waals surface area contributed by atoms with Crippen LogP contribution in [-0.4, -0.2) is 20.6 Å². The minimum absolute atomic E-state index is 0.0192. The molecule has 0 aliphatic rings. The minimum atomic E-state index is -3.33. The topological polar surface area (TPSA) is 98.5 Å². The molecule has 0 fully saturated rings. The zero-order valence-electron chi connectivity index (χ0n) is 12.4. The first kappa shape index (κ1) is 16.0. The molecule has 0 spiro atoms. The Morgan fingerprint density at radius 1 is 1.05 bits per heavy atom. The normalized spacial score (nSPS) is 11.1. The van der Waals surface area contributed by atoms with Crippen molar-refractivity contribution >= 4 is 15.8 Å². The summed E-state index contributed by atoms with van der Waals surface area (Å²) >= 11 is 0. The molecule has 4 N–H and O–H groups in total. The Kier molecular flexibility index (Phi) is 4.82. The van der Waals surface area contributed by atoms with Crippen LogP contribution in [0.4, 0.5) is 0 Å². The van der Waals surface area contributed by atoms with E-state index < -0.39 is 9.84 Å². The van der Waals surface area contributed by atoms with Crippen LogP contribution >= 0.6 is 0 Å². The van der Waals surface area contributed by atoms with E-state index in [0.29, 0.717) is 11.3 Å². The lowest BCUT2D eigenvalue weighted by atomic mass is 10.0. The molecule has 5 nitrogen and oxygen atoms in total. The van der Waals surface area contributed by atoms with Gasteiger partial charge in [-0.1, -0.05) is 42.5 Å². The van der Waals surface area contributed by atoms with Gasteiger partial charge in [0.1, 0.15) is 0 Å². The summed E-state index contributed by atoms with van der Waals surface area (Å²) in [5.74, 6) is -0.0192. The van der Waals surface area contributed by atoms with Crippen LogP contribution in [-0.2, 0) is 22.8 Å². The van der Waals surface area contributed by atoms with Crippen molar-refractivity contribution in [3.8, 4) is 0 Å². The third-order valence-corrected chi connectivity index (χ3v) is 4.39. The minimum Gasteiger partial charge on any atom is -0.370 e. The van der Waals surface area contributed by atoms with Gasteiger partial charge in [0.15, 0.2) is 15.8 Å². The van der Waals surface area contributed by atoms with Gasteiger partial charge in [-0.05, 0) is 29.2 Å². The van der Waals surface area contributed by atoms with Crippen LogP contribution in [0.2, 0.25) is 0 Å². The maximum absolute atomic E-state index is 12.0. The molecule has 6 heteroatoms. The van der Waals surface area contributed by atoms with E-state index in [0.717, 1.165) is 16.7 Å². The number of benzene rings is 2. The number of nitrogens with zero attached hydrogens (tertiary/aromatic N) is 1. The standard InChI is InChI=1S/C16H19N3O2S/c1-22(20,21)15-10-13(11-19-16(17)18)7-8-14(15)9-12-5-3-2-4-6-12/h2-8,10H,9,11H2,1H3,(H4,17,18,19). The number of rotatable bonds is 5. The summed E-state index contributed by atoms with van der Waals surface area (Å²) in [5.41, 5.74) is 13.2. The molecule has 0 aromatic heterocycles. The van der Waals surface area contributed by atoms with Crippen LogP contribution in [0.1, 0.15) is 16.7 Å². The quantitative estimate of drug-likeness (QED) is 0.644. The SMILES string of the molecule is CS(=O)(=O)c1cc(CN=C(N)N)ccc1Cc1ccccc1. The van der Waals surface area contributed by atoms with Crippen molar-refractivity contribution in [2.45, 2.75) is 17.9 Å². The van der Waals surface area contributed by atoms with E-state index in [1.165, 1.54) is 6.26 Å². The molecule has 2 rings (SSSR count). The van der Waals surface area contributed by atoms with Crippen LogP contribution in [0.3, 0.4) is 0 Å². The molecule has 0 saturated carbocycles. The van der Waals surface area contributed by atoms with Gasteiger partial charge >= 0.3 is 0 Å². The second-order valence-corrected chi connectivity index (χ2v) is 7.10. The summed E-state index contributed by atoms with van der Waals surface area (Å²) in [7, 11) is -3.33. The number of guanidine groups is 1. The molecular formula is C16H19N3O2S. The van der Waals surface area contributed by atoms with Crippen molar-refractivity contribution in [2.75, 3.05) is 6.26 Å². The molecule has 0 saturated heterocycles. The van der Waals surface area contributed by atoms with Crippen LogP contribution in [0.5, 0.6) is 0 Å². The molecule has 0 heterocycles. The molecular weight excluding hydrogens is 298 g/mol. The number of sulfone groups is 1. The van der Waals surface area contributed by atoms with E-state index in [-0.39, 0.29) is 12.5 Å². The number of nitrogens with two attached hydrogens (primary N) is 2. The molecule has 116 valence electrons. The van der Waals surface area contributed by atoms with E-state index in [1.54, 1.807) is 6.07 Å². The van der Waals surface area contributed by atoms with Crippen molar-refractivity contribution in [3.05, 3.63) is 65.2 Å². The average Bonchev–Trinajstić information content (AvgIpc) is 2.46. The van der Waals surface area contributed by atoms with Gasteiger partial charge in [-0.2, -0.15) is 0 Å². The molecule has 0 radical (unpaired) electrons. The van der Waals surface area contributed by atoms with Gasteiger partial charge in [-0.25, -0.2) is 13.4 Å². The fourth-order valence-corrected chi connectivity index (χ4v) is 3.17. The molecule has 0 bridgehead atoms. The second-order valence-electron chi connectivity index (χ2n) is 5.12. The van der Waals surface area contributed by atoms with Gasteiger partial charge in [0.2, 0.25) is 0 Å². The summed E-state index contributed by atoms with van der Waals surface area (Å²) in [6, 6.07) is 15.0. The fraction of sp³-hybridized carbons (Fsp3) is 0.188. The van der Waals surface area contributed by atoms with Crippen LogP contribution in [0.25, 0.3) is 0 Å². The van der Waals surface area contributed by atoms with E-state index in [9.17, 15) is 8.42 Å². The van der Waals surface area contributed by atoms with Crippen LogP contribution in [0, 0.1) is 0 Å². The first-order valence-corrected chi connectivity index (χ1v) is 8.66. The Labute approximate surface area is 130 Å². The highest BCUT2D eigenvalue weighted by Gasteiger charge is 2.14. The Hall–Kier alpha value is -2.34. The number of hydrogen-bond acceptors (Lipinski definition) is 3. The molecule has 2 aromatic rings. The van der Waals surface area contributed by atoms with Gasteiger partial charge < -0.3 is 11.5 Å². The highest BCUT2D eigenvalue weighted by Crippen LogP contribution is 2.21. The summed E-state index contributed by atoms with van der Waals surface area (Å²) < 4.78 is 24.1. The van der Waals surface area contributed by atoms with E-state index in [2.05, 4.69) is 4.99 Å². The summed E-state index contributed by atoms with van der Waals surface area (Å²) in [4.78, 5) is 4.23. The largest absolute Gasteiger partial charge is 0.370 e. The monoisotopic (exact) mass is 317 g/mol. The Balaban J connectivity index is 2.39. The lowest BCUT2D eigenvalue weighted by Crippen LogP contribution is -2.22. The maximum Gasteiger partial charge on any atom is 0.186 e. The third-order valence-electron chi connectivity index (χ3n) is 3.21. The summed E-state index contributed by atoms with van der Waals surface area (Å²) in [6.07, 6.45) is 1.77. The zero-order chi connectivity index (χ0) is 16.2. The summed E-state index contributed by atoms with van der Waals surface area (Å²) in [6.45, 7) is 0.260. The van der Waals surface area contributed by atoms with Crippen molar-refractivity contribution in [2.24, 2.45) is 16.5 Å². The van der Waals surface area contributed by atoms with Gasteiger partial charge in [-0.3, -0.25) is 0 Å². The Bertz CT molecular complexity index is 780. The fourth-order valence-electron chi connectivity index (χ4n) is 2.19. The zero-order valence-corrected chi connectivity index (χ0v) is 13.2. The van der Waals surface area contributed by atoms with Crippen molar-refractivity contribution in [1.82, 2.24) is 0 Å². The second kappa shape index (κ2) is 6.62. The molecule has 0 aliphatic carbocycles. The molecule has 0 unspecified atom stereocenters. The third kappa shape index (κ3) is 4.33. The lowest BCUT2D eigenvalue weighted by molar-refractivity contribution is 0.601. The predicted octanol–water partition coefficient (Wildman–Crippen LogP) is 1.45. The van der Waals surface area contributed by atoms with Gasteiger partial charge in [-0.15, -0.1) is 0 Å². The first-order chi connectivity index (χ1) is 10.4. The van der Waals surface area contributed by atoms with Crippen molar-refractivity contribution in [3.63, 3.8) is 0 Å². The Morgan fingerprint density at radius 3 is 2.32 bits per heavy atom. The van der Waals surface area contributed by atoms with Gasteiger partial charge in [0.05, 0.1) is 11.4 Å². The van der Waals surface area contributed by atoms with Gasteiger partial charge in [0, 0.05) is 6.26 Å². The van der Waals surface area contributed by atoms with Crippen LogP contribution in [0.15, 0.2) is 58.4 Å². The molecule has 0 atom stereocenters. The predicted molar refractivity (Wildman–Crippen MR) is 88.3 cm³/mol. The van der Waals surface area contributed by atoms with Crippen molar-refractivity contribution < 1.29 is 8.42 Å². The van der Waals surface area contributed by atoms with E-state index >= 15 is 0 Å². The Morgan fingerprint density at radius 2 is 1.73 bits per heavy atom. The lowest BCUT2D eigenvalue weighted by Gasteiger charge is -2.10. The number of aliphatic imine (C=N–C) groups is 1. The number of hydrogen-bond donors (Lipinski definition) is 2. The molecule has 0 amide bonds. The van der Waals surface area contributed by atoms with E-state index in [1.807, 2.05) is 42.5 Å². The smallest absolute Gasteiger partial charge is 0.186 e. The van der Waals surface area contributed by atoms with Crippen molar-refractivity contribution in [1.29, 1.82) is 0 Å². The first-order valence-electron chi connectivity index (χ1n) is 6.77. The average molecular weight is 317 g/mol. The molecule has 0 aliphatic heterocycles. The maximum atomic E-state index is 12.0. The van der Waals surface area contributed by atoms with Crippen LogP contribution < -0.4 is 11.5 Å². The molecule has 2 aromatic carbocycles. The molecule has 22 heavy (non-hydrogen) atoms. The summed E-state index contributed by atoms with van der Waals surface area (Å²) in [5, 5.41) is 0. The van der Waals surface area contributed by atoms with Gasteiger partial charge in [0.25, 0.3) is 0 Å². The highest BCUT2D eigenvalue weighted by molar-refractivity contribution is 7.90. The highest BCUT2D eigenvalue weighted by atomic mass is 32.2.